The van der Waals surface area contributed by atoms with Crippen molar-refractivity contribution in [2.75, 3.05) is 34.0 Å². The molecule has 1 aromatic rings. The van der Waals surface area contributed by atoms with Crippen molar-refractivity contribution < 1.29 is 24.1 Å². The van der Waals surface area contributed by atoms with Crippen molar-refractivity contribution in [3.8, 4) is 0 Å². The van der Waals surface area contributed by atoms with Gasteiger partial charge in [-0.1, -0.05) is 35.0 Å². The fourth-order valence-electron chi connectivity index (χ4n) is 4.05. The van der Waals surface area contributed by atoms with E-state index < -0.39 is 4.65 Å². The third-order valence-corrected chi connectivity index (χ3v) is 5.68. The summed E-state index contributed by atoms with van der Waals surface area (Å²) in [6, 6.07) is 10.3. The molecule has 2 N–H and O–H groups in total. The Kier molecular flexibility index (Phi) is 5.67. The van der Waals surface area contributed by atoms with Gasteiger partial charge >= 0.3 is 0 Å². The third kappa shape index (κ3) is 3.56. The number of amidine groups is 1. The minimum Gasteiger partial charge on any atom is -0.382 e. The smallest absolute Gasteiger partial charge is 0.294 e. The van der Waals surface area contributed by atoms with E-state index >= 15 is 0 Å². The van der Waals surface area contributed by atoms with Gasteiger partial charge in [0.1, 0.15) is 17.6 Å². The predicted octanol–water partition coefficient (Wildman–Crippen LogP) is 3.03. The zero-order valence-electron chi connectivity index (χ0n) is 17.1. The Hall–Kier alpha value is -2.29. The molecule has 154 valence electrons. The van der Waals surface area contributed by atoms with E-state index in [4.69, 9.17) is 19.2 Å². The Morgan fingerprint density at radius 2 is 1.97 bits per heavy atom. The quantitative estimate of drug-likeness (QED) is 0.546. The molecule has 3 atom stereocenters. The zero-order chi connectivity index (χ0) is 20.4. The van der Waals surface area contributed by atoms with Crippen molar-refractivity contribution in [3.63, 3.8) is 0 Å². The minimum absolute atomic E-state index is 0.0527. The lowest BCUT2D eigenvalue weighted by Crippen LogP contribution is -2.50. The second-order valence-electron chi connectivity index (χ2n) is 7.43. The fourth-order valence-corrected chi connectivity index (χ4v) is 4.05. The topological polar surface area (TPSA) is 72.3 Å². The van der Waals surface area contributed by atoms with Crippen LogP contribution in [-0.4, -0.2) is 55.8 Å². The summed E-state index contributed by atoms with van der Waals surface area (Å²) in [7, 11) is 3.30. The number of rotatable bonds is 7. The lowest BCUT2D eigenvalue weighted by atomic mass is 9.89. The van der Waals surface area contributed by atoms with Gasteiger partial charge in [0.25, 0.3) is 5.84 Å². The summed E-state index contributed by atoms with van der Waals surface area (Å²) in [6.45, 7) is 3.27. The molecule has 3 aliphatic heterocycles. The highest BCUT2D eigenvalue weighted by Gasteiger charge is 2.49. The van der Waals surface area contributed by atoms with Gasteiger partial charge in [0.05, 0.1) is 32.0 Å². The molecule has 0 aliphatic carbocycles. The molecule has 7 nitrogen and oxygen atoms in total. The van der Waals surface area contributed by atoms with Crippen LogP contribution in [0.1, 0.15) is 24.9 Å². The molecule has 1 unspecified atom stereocenters. The van der Waals surface area contributed by atoms with Crippen molar-refractivity contribution in [2.45, 2.75) is 25.5 Å². The van der Waals surface area contributed by atoms with Crippen LogP contribution in [0.5, 0.6) is 0 Å². The number of benzene rings is 1. The van der Waals surface area contributed by atoms with Gasteiger partial charge in [-0.25, -0.2) is 0 Å². The Bertz CT molecular complexity index is 891. The second-order valence-corrected chi connectivity index (χ2v) is 7.43. The average molecular weight is 398 g/mol. The molecule has 0 amide bonds. The van der Waals surface area contributed by atoms with Crippen LogP contribution in [0.15, 0.2) is 70.3 Å². The number of ether oxygens (including phenoxy) is 3. The van der Waals surface area contributed by atoms with Gasteiger partial charge in [-0.15, -0.1) is 0 Å². The van der Waals surface area contributed by atoms with E-state index in [0.29, 0.717) is 25.7 Å². The fraction of sp³-hybridized carbons (Fsp3) is 0.409. The number of quaternary nitrogens is 1. The Labute approximate surface area is 171 Å². The minimum atomic E-state index is -0.434. The normalized spacial score (nSPS) is 28.2. The standard InChI is InChI=1S/C22H28N3O4/c1-15-19(14-28-3)24-22-21-17(9-10-25(15,22)26)20(29-12-11-27-2)13-18(23-21)16-7-5-4-6-8-16/h4-10,18,20,23,26H,11-14H2,1-3H3/q+1/t18-,20-,25?/m1/s1. The number of hydrogen-bond donors (Lipinski definition) is 2. The first-order chi connectivity index (χ1) is 14.1. The Morgan fingerprint density at radius 3 is 2.69 bits per heavy atom. The van der Waals surface area contributed by atoms with Gasteiger partial charge in [-0.2, -0.15) is 10.2 Å². The molecular weight excluding hydrogens is 370 g/mol. The number of aliphatic imine (C=N–C) groups is 1. The molecule has 3 aliphatic rings. The van der Waals surface area contributed by atoms with Crippen molar-refractivity contribution in [3.05, 3.63) is 70.8 Å². The average Bonchev–Trinajstić information content (AvgIpc) is 3.00. The molecular formula is C22H28N3O4+. The van der Waals surface area contributed by atoms with Crippen LogP contribution in [-0.2, 0) is 14.2 Å². The van der Waals surface area contributed by atoms with E-state index in [2.05, 4.69) is 17.4 Å². The Balaban J connectivity index is 1.72. The van der Waals surface area contributed by atoms with Crippen LogP contribution >= 0.6 is 0 Å². The monoisotopic (exact) mass is 398 g/mol. The molecule has 0 radical (unpaired) electrons. The van der Waals surface area contributed by atoms with Crippen LogP contribution in [0, 0.1) is 0 Å². The molecule has 0 aromatic heterocycles. The van der Waals surface area contributed by atoms with E-state index in [0.717, 1.165) is 29.1 Å². The summed E-state index contributed by atoms with van der Waals surface area (Å²) in [5.41, 5.74) is 4.48. The molecule has 3 heterocycles. The van der Waals surface area contributed by atoms with E-state index in [1.165, 1.54) is 5.56 Å². The summed E-state index contributed by atoms with van der Waals surface area (Å²) in [5, 5.41) is 15.0. The molecule has 4 rings (SSSR count). The number of allylic oxidation sites excluding steroid dienone is 1. The van der Waals surface area contributed by atoms with Crippen LogP contribution < -0.4 is 5.32 Å². The van der Waals surface area contributed by atoms with Gasteiger partial charge in [0, 0.05) is 39.2 Å². The van der Waals surface area contributed by atoms with Crippen molar-refractivity contribution in [2.24, 2.45) is 4.99 Å². The first kappa shape index (κ1) is 20.0. The zero-order valence-corrected chi connectivity index (χ0v) is 17.1. The van der Waals surface area contributed by atoms with Gasteiger partial charge in [0.2, 0.25) is 0 Å². The third-order valence-electron chi connectivity index (χ3n) is 5.68. The van der Waals surface area contributed by atoms with Crippen molar-refractivity contribution in [1.29, 1.82) is 0 Å². The van der Waals surface area contributed by atoms with E-state index in [9.17, 15) is 5.21 Å². The van der Waals surface area contributed by atoms with Crippen LogP contribution in [0.25, 0.3) is 0 Å². The maximum Gasteiger partial charge on any atom is 0.294 e. The Morgan fingerprint density at radius 1 is 1.17 bits per heavy atom. The maximum absolute atomic E-state index is 11.3. The molecule has 7 heteroatoms. The molecule has 1 aromatic carbocycles. The number of nitrogens with one attached hydrogen (secondary N) is 1. The lowest BCUT2D eigenvalue weighted by Gasteiger charge is -2.37. The maximum atomic E-state index is 11.3. The highest BCUT2D eigenvalue weighted by molar-refractivity contribution is 5.97. The van der Waals surface area contributed by atoms with Gasteiger partial charge in [-0.3, -0.25) is 0 Å². The highest BCUT2D eigenvalue weighted by atomic mass is 16.6. The van der Waals surface area contributed by atoms with Crippen molar-refractivity contribution >= 4 is 5.84 Å². The number of hydrogen-bond acceptors (Lipinski definition) is 6. The lowest BCUT2D eigenvalue weighted by molar-refractivity contribution is -0.955. The summed E-state index contributed by atoms with van der Waals surface area (Å²) in [6.07, 6.45) is 4.37. The van der Waals surface area contributed by atoms with Crippen LogP contribution in [0.3, 0.4) is 0 Å². The molecule has 0 saturated carbocycles. The number of nitrogens with zero attached hydrogens (tertiary/aromatic N) is 2. The molecule has 0 saturated heterocycles. The van der Waals surface area contributed by atoms with E-state index in [1.807, 2.05) is 31.2 Å². The first-order valence-corrected chi connectivity index (χ1v) is 9.84. The SMILES string of the molecule is COCCO[C@@H]1C[C@H](c2ccccc2)NC2=C1C=C[N+]1(O)C2=NC(COC)=C1C. The van der Waals surface area contributed by atoms with Gasteiger partial charge in [0.15, 0.2) is 5.70 Å². The molecule has 0 bridgehead atoms. The molecule has 0 spiro atoms. The number of methoxy groups -OCH3 is 2. The predicted molar refractivity (Wildman–Crippen MR) is 109 cm³/mol. The van der Waals surface area contributed by atoms with E-state index in [1.54, 1.807) is 20.4 Å². The number of fused-ring (bicyclic) bond motifs is 2. The largest absolute Gasteiger partial charge is 0.382 e. The summed E-state index contributed by atoms with van der Waals surface area (Å²) in [5.74, 6) is 0.563. The molecule has 29 heavy (non-hydrogen) atoms. The van der Waals surface area contributed by atoms with Crippen LogP contribution in [0.2, 0.25) is 0 Å². The van der Waals surface area contributed by atoms with Gasteiger partial charge in [-0.05, 0) is 5.56 Å². The summed E-state index contributed by atoms with van der Waals surface area (Å²) >= 11 is 0. The second kappa shape index (κ2) is 8.22. The van der Waals surface area contributed by atoms with Crippen LogP contribution in [0.4, 0.5) is 0 Å². The summed E-state index contributed by atoms with van der Waals surface area (Å²) < 4.78 is 16.2. The number of hydroxylamine groups is 3. The highest BCUT2D eigenvalue weighted by Crippen LogP contribution is 2.40. The van der Waals surface area contributed by atoms with Gasteiger partial charge < -0.3 is 19.5 Å². The van der Waals surface area contributed by atoms with E-state index in [-0.39, 0.29) is 12.1 Å². The molecule has 0 fully saturated rings. The van der Waals surface area contributed by atoms with Crippen molar-refractivity contribution in [1.82, 2.24) is 5.32 Å². The first-order valence-electron chi connectivity index (χ1n) is 9.84. The summed E-state index contributed by atoms with van der Waals surface area (Å²) in [4.78, 5) is 4.74.